The van der Waals surface area contributed by atoms with Crippen LogP contribution < -0.4 is 0 Å². The molecule has 0 bridgehead atoms. The Bertz CT molecular complexity index is 245. The molecule has 1 rings (SSSR count). The van der Waals surface area contributed by atoms with E-state index in [1.807, 2.05) is 0 Å². The summed E-state index contributed by atoms with van der Waals surface area (Å²) in [6.07, 6.45) is 4.82. The van der Waals surface area contributed by atoms with Gasteiger partial charge in [-0.2, -0.15) is 0 Å². The van der Waals surface area contributed by atoms with E-state index in [9.17, 15) is 9.90 Å². The van der Waals surface area contributed by atoms with Crippen LogP contribution in [-0.4, -0.2) is 54.2 Å². The Hall–Kier alpha value is -0.450. The Balaban J connectivity index is 2.27. The van der Waals surface area contributed by atoms with Gasteiger partial charge in [0.25, 0.3) is 0 Å². The van der Waals surface area contributed by atoms with Gasteiger partial charge in [-0.15, -0.1) is 0 Å². The number of hydrogen-bond donors (Lipinski definition) is 1. The number of β-amino-alcohol motifs (C(OH)–C–C–N with tert-alkyl or cyclic N) is 1. The normalized spacial score (nSPS) is 22.9. The number of carbonyl (C=O) groups excluding carboxylic acids is 1. The molecule has 2 unspecified atom stereocenters. The van der Waals surface area contributed by atoms with Crippen molar-refractivity contribution >= 4 is 5.78 Å². The summed E-state index contributed by atoms with van der Waals surface area (Å²) in [6.45, 7) is 6.32. The number of rotatable bonds is 8. The number of ether oxygens (including phenoxy) is 1. The van der Waals surface area contributed by atoms with Crippen molar-refractivity contribution in [1.29, 1.82) is 0 Å². The molecule has 0 aromatic heterocycles. The fourth-order valence-electron chi connectivity index (χ4n) is 2.46. The van der Waals surface area contributed by atoms with Crippen LogP contribution in [0.25, 0.3) is 0 Å². The number of ketones is 1. The molecule has 1 aliphatic heterocycles. The zero-order valence-electron chi connectivity index (χ0n) is 11.7. The molecule has 1 saturated heterocycles. The Morgan fingerprint density at radius 2 is 2.28 bits per heavy atom. The fourth-order valence-corrected chi connectivity index (χ4v) is 2.46. The molecule has 0 aliphatic carbocycles. The lowest BCUT2D eigenvalue weighted by molar-refractivity contribution is -0.124. The van der Waals surface area contributed by atoms with Gasteiger partial charge in [0, 0.05) is 13.2 Å². The summed E-state index contributed by atoms with van der Waals surface area (Å²) in [6, 6.07) is 0.00374. The zero-order valence-corrected chi connectivity index (χ0v) is 11.7. The molecule has 0 spiro atoms. The Morgan fingerprint density at radius 1 is 1.50 bits per heavy atom. The summed E-state index contributed by atoms with van der Waals surface area (Å²) in [5.41, 5.74) is 0. The first-order valence-electron chi connectivity index (χ1n) is 7.15. The Morgan fingerprint density at radius 3 is 2.94 bits per heavy atom. The molecule has 18 heavy (non-hydrogen) atoms. The van der Waals surface area contributed by atoms with Crippen molar-refractivity contribution in [2.24, 2.45) is 0 Å². The van der Waals surface area contributed by atoms with Crippen molar-refractivity contribution in [3.63, 3.8) is 0 Å². The monoisotopic (exact) mass is 257 g/mol. The first kappa shape index (κ1) is 15.6. The Labute approximate surface area is 110 Å². The average molecular weight is 257 g/mol. The van der Waals surface area contributed by atoms with E-state index in [1.165, 1.54) is 0 Å². The van der Waals surface area contributed by atoms with Gasteiger partial charge in [0.1, 0.15) is 5.78 Å². The van der Waals surface area contributed by atoms with Gasteiger partial charge in [-0.1, -0.05) is 19.8 Å². The van der Waals surface area contributed by atoms with Crippen LogP contribution in [0.2, 0.25) is 0 Å². The molecule has 0 aromatic rings. The minimum Gasteiger partial charge on any atom is -0.389 e. The molecule has 0 amide bonds. The number of unbranched alkanes of at least 4 members (excludes halogenated alkanes) is 1. The molecule has 0 radical (unpaired) electrons. The molecule has 1 heterocycles. The second-order valence-electron chi connectivity index (χ2n) is 5.20. The van der Waals surface area contributed by atoms with Crippen LogP contribution in [0, 0.1) is 0 Å². The molecular weight excluding hydrogens is 230 g/mol. The molecule has 106 valence electrons. The quantitative estimate of drug-likeness (QED) is 0.671. The van der Waals surface area contributed by atoms with E-state index in [4.69, 9.17) is 4.74 Å². The van der Waals surface area contributed by atoms with Crippen LogP contribution in [-0.2, 0) is 9.53 Å². The molecule has 1 N–H and O–H groups in total. The minimum atomic E-state index is -0.484. The van der Waals surface area contributed by atoms with Crippen LogP contribution in [0.5, 0.6) is 0 Å². The van der Waals surface area contributed by atoms with E-state index < -0.39 is 6.10 Å². The number of aliphatic hydroxyl groups excluding tert-OH is 1. The first-order valence-corrected chi connectivity index (χ1v) is 7.15. The highest BCUT2D eigenvalue weighted by Gasteiger charge is 2.27. The summed E-state index contributed by atoms with van der Waals surface area (Å²) in [4.78, 5) is 13.6. The predicted octanol–water partition coefficient (Wildman–Crippen LogP) is 1.61. The number of nitrogens with zero attached hydrogens (tertiary/aromatic N) is 1. The number of hydrogen-bond acceptors (Lipinski definition) is 4. The summed E-state index contributed by atoms with van der Waals surface area (Å²) in [7, 11) is 0. The third kappa shape index (κ3) is 5.46. The number of piperidine rings is 1. The molecule has 2 atom stereocenters. The van der Waals surface area contributed by atoms with Gasteiger partial charge >= 0.3 is 0 Å². The van der Waals surface area contributed by atoms with Crippen LogP contribution in [0.4, 0.5) is 0 Å². The van der Waals surface area contributed by atoms with Gasteiger partial charge in [-0.05, 0) is 32.7 Å². The van der Waals surface area contributed by atoms with E-state index >= 15 is 0 Å². The van der Waals surface area contributed by atoms with E-state index in [-0.39, 0.29) is 11.8 Å². The van der Waals surface area contributed by atoms with Crippen LogP contribution in [0.15, 0.2) is 0 Å². The molecule has 4 heteroatoms. The number of Topliss-reactive ketones (excluding diaryl/α,β-unsaturated/α-hetero) is 1. The van der Waals surface area contributed by atoms with Crippen molar-refractivity contribution < 1.29 is 14.6 Å². The zero-order chi connectivity index (χ0) is 13.4. The maximum absolute atomic E-state index is 11.5. The molecule has 0 saturated carbocycles. The fraction of sp³-hybridized carbons (Fsp3) is 0.929. The second-order valence-corrected chi connectivity index (χ2v) is 5.20. The third-order valence-electron chi connectivity index (χ3n) is 3.48. The van der Waals surface area contributed by atoms with E-state index in [1.54, 1.807) is 6.92 Å². The number of aliphatic hydroxyl groups is 1. The molecule has 0 aromatic carbocycles. The summed E-state index contributed by atoms with van der Waals surface area (Å²) >= 11 is 0. The minimum absolute atomic E-state index is 0.00374. The van der Waals surface area contributed by atoms with Gasteiger partial charge in [0.05, 0.1) is 18.8 Å². The van der Waals surface area contributed by atoms with Crippen molar-refractivity contribution in [2.75, 3.05) is 26.3 Å². The molecular formula is C14H27NO3. The smallest absolute Gasteiger partial charge is 0.146 e. The maximum atomic E-state index is 11.5. The second kappa shape index (κ2) is 8.62. The van der Waals surface area contributed by atoms with Crippen LogP contribution in [0.1, 0.15) is 46.0 Å². The van der Waals surface area contributed by atoms with Crippen LogP contribution in [0.3, 0.4) is 0 Å². The standard InChI is InChI=1S/C14H27NO3/c1-3-4-9-18-11-13(17)10-15-8-6-5-7-14(15)12(2)16/h13-14,17H,3-11H2,1-2H3. The summed E-state index contributed by atoms with van der Waals surface area (Å²) < 4.78 is 5.41. The van der Waals surface area contributed by atoms with Gasteiger partial charge in [0.15, 0.2) is 0 Å². The molecule has 1 aliphatic rings. The van der Waals surface area contributed by atoms with E-state index in [0.29, 0.717) is 19.8 Å². The lowest BCUT2D eigenvalue weighted by Gasteiger charge is -2.35. The lowest BCUT2D eigenvalue weighted by Crippen LogP contribution is -2.47. The van der Waals surface area contributed by atoms with E-state index in [0.717, 1.165) is 38.6 Å². The van der Waals surface area contributed by atoms with Gasteiger partial charge in [0.2, 0.25) is 0 Å². The van der Waals surface area contributed by atoms with Gasteiger partial charge < -0.3 is 9.84 Å². The van der Waals surface area contributed by atoms with E-state index in [2.05, 4.69) is 11.8 Å². The van der Waals surface area contributed by atoms with Crippen molar-refractivity contribution in [2.45, 2.75) is 58.1 Å². The van der Waals surface area contributed by atoms with Crippen molar-refractivity contribution in [3.05, 3.63) is 0 Å². The average Bonchev–Trinajstić information content (AvgIpc) is 2.35. The van der Waals surface area contributed by atoms with Gasteiger partial charge in [-0.3, -0.25) is 9.69 Å². The number of likely N-dealkylation sites (tertiary alicyclic amines) is 1. The lowest BCUT2D eigenvalue weighted by atomic mass is 9.99. The topological polar surface area (TPSA) is 49.8 Å². The van der Waals surface area contributed by atoms with Crippen LogP contribution >= 0.6 is 0 Å². The Kier molecular flexibility index (Phi) is 7.47. The maximum Gasteiger partial charge on any atom is 0.146 e. The van der Waals surface area contributed by atoms with Crippen molar-refractivity contribution in [3.8, 4) is 0 Å². The summed E-state index contributed by atoms with van der Waals surface area (Å²) in [5.74, 6) is 0.216. The largest absolute Gasteiger partial charge is 0.389 e. The summed E-state index contributed by atoms with van der Waals surface area (Å²) in [5, 5.41) is 9.92. The molecule has 1 fully saturated rings. The SMILES string of the molecule is CCCCOCC(O)CN1CCCCC1C(C)=O. The predicted molar refractivity (Wildman–Crippen MR) is 71.6 cm³/mol. The van der Waals surface area contributed by atoms with Gasteiger partial charge in [-0.25, -0.2) is 0 Å². The first-order chi connectivity index (χ1) is 8.65. The number of carbonyl (C=O) groups is 1. The highest BCUT2D eigenvalue weighted by atomic mass is 16.5. The van der Waals surface area contributed by atoms with Crippen molar-refractivity contribution in [1.82, 2.24) is 4.90 Å². The highest BCUT2D eigenvalue weighted by molar-refractivity contribution is 5.81. The molecule has 4 nitrogen and oxygen atoms in total. The third-order valence-corrected chi connectivity index (χ3v) is 3.48. The highest BCUT2D eigenvalue weighted by Crippen LogP contribution is 2.17.